The number of aryl methyl sites for hydroxylation is 1. The molecular weight excluding hydrogens is 370 g/mol. The van der Waals surface area contributed by atoms with Crippen molar-refractivity contribution in [2.24, 2.45) is 0 Å². The van der Waals surface area contributed by atoms with Gasteiger partial charge in [0.05, 0.1) is 0 Å². The third-order valence-corrected chi connectivity index (χ3v) is 5.26. The Morgan fingerprint density at radius 1 is 1.00 bits per heavy atom. The van der Waals surface area contributed by atoms with Crippen molar-refractivity contribution in [2.75, 3.05) is 26.7 Å². The van der Waals surface area contributed by atoms with Crippen LogP contribution in [0.5, 0.6) is 5.75 Å². The number of carbonyl (C=O) groups excluding carboxylic acids is 1. The van der Waals surface area contributed by atoms with Crippen LogP contribution in [-0.2, 0) is 12.8 Å². The number of phenols is 1. The topological polar surface area (TPSA) is 73.4 Å². The van der Waals surface area contributed by atoms with E-state index in [-0.39, 0.29) is 6.03 Å². The molecule has 0 unspecified atom stereocenters. The summed E-state index contributed by atoms with van der Waals surface area (Å²) < 4.78 is 1.30. The molecule has 6 heteroatoms. The zero-order valence-corrected chi connectivity index (χ0v) is 17.3. The van der Waals surface area contributed by atoms with Gasteiger partial charge in [-0.15, -0.1) is 11.3 Å². The summed E-state index contributed by atoms with van der Waals surface area (Å²) in [6.45, 7) is 4.17. The molecule has 0 bridgehead atoms. The fourth-order valence-corrected chi connectivity index (χ4v) is 3.63. The van der Waals surface area contributed by atoms with Gasteiger partial charge < -0.3 is 21.1 Å². The van der Waals surface area contributed by atoms with Crippen molar-refractivity contribution >= 4 is 27.5 Å². The zero-order valence-electron chi connectivity index (χ0n) is 16.5. The second kappa shape index (κ2) is 12.0. The van der Waals surface area contributed by atoms with Crippen LogP contribution in [-0.4, -0.2) is 37.8 Å². The third-order valence-electron chi connectivity index (χ3n) is 4.25. The minimum atomic E-state index is -0.102. The SMILES string of the molecule is CCc1ccc(O)cc1.CNCCNC(=O)NCCc1csc2ccccc12. The van der Waals surface area contributed by atoms with Crippen molar-refractivity contribution in [1.82, 2.24) is 16.0 Å². The molecule has 28 heavy (non-hydrogen) atoms. The lowest BCUT2D eigenvalue weighted by Crippen LogP contribution is -2.39. The maximum Gasteiger partial charge on any atom is 0.314 e. The summed E-state index contributed by atoms with van der Waals surface area (Å²) in [7, 11) is 1.86. The van der Waals surface area contributed by atoms with Crippen LogP contribution in [0.4, 0.5) is 4.79 Å². The number of likely N-dealkylation sites (N-methyl/N-ethyl adjacent to an activating group) is 1. The van der Waals surface area contributed by atoms with Crippen molar-refractivity contribution in [2.45, 2.75) is 19.8 Å². The second-order valence-corrected chi connectivity index (χ2v) is 7.22. The number of phenolic OH excluding ortho intramolecular Hbond substituents is 1. The van der Waals surface area contributed by atoms with Gasteiger partial charge in [0, 0.05) is 24.3 Å². The Balaban J connectivity index is 0.000000261. The molecule has 0 saturated heterocycles. The predicted octanol–water partition coefficient (Wildman–Crippen LogP) is 3.92. The quantitative estimate of drug-likeness (QED) is 0.455. The monoisotopic (exact) mass is 399 g/mol. The Kier molecular flexibility index (Phi) is 9.31. The molecule has 2 aromatic carbocycles. The maximum absolute atomic E-state index is 11.5. The highest BCUT2D eigenvalue weighted by Gasteiger charge is 2.04. The van der Waals surface area contributed by atoms with E-state index in [2.05, 4.69) is 52.5 Å². The molecule has 0 fully saturated rings. The number of nitrogens with one attached hydrogen (secondary N) is 3. The number of aromatic hydroxyl groups is 1. The zero-order chi connectivity index (χ0) is 20.2. The lowest BCUT2D eigenvalue weighted by atomic mass is 10.1. The van der Waals surface area contributed by atoms with Crippen LogP contribution in [0.1, 0.15) is 18.1 Å². The van der Waals surface area contributed by atoms with Gasteiger partial charge in [-0.05, 0) is 60.0 Å². The van der Waals surface area contributed by atoms with Gasteiger partial charge in [-0.25, -0.2) is 4.79 Å². The van der Waals surface area contributed by atoms with Crippen molar-refractivity contribution in [1.29, 1.82) is 0 Å². The maximum atomic E-state index is 11.5. The van der Waals surface area contributed by atoms with Crippen molar-refractivity contribution < 1.29 is 9.90 Å². The summed E-state index contributed by atoms with van der Waals surface area (Å²) >= 11 is 1.75. The summed E-state index contributed by atoms with van der Waals surface area (Å²) in [5.41, 5.74) is 2.56. The molecule has 0 aliphatic rings. The molecule has 0 spiro atoms. The lowest BCUT2D eigenvalue weighted by molar-refractivity contribution is 0.241. The number of fused-ring (bicyclic) bond motifs is 1. The van der Waals surface area contributed by atoms with Gasteiger partial charge in [-0.1, -0.05) is 37.3 Å². The molecule has 1 heterocycles. The Labute approximate surface area is 170 Å². The van der Waals surface area contributed by atoms with E-state index in [4.69, 9.17) is 5.11 Å². The number of benzene rings is 2. The van der Waals surface area contributed by atoms with Crippen LogP contribution < -0.4 is 16.0 Å². The summed E-state index contributed by atoms with van der Waals surface area (Å²) in [4.78, 5) is 11.5. The van der Waals surface area contributed by atoms with Crippen LogP contribution in [0.2, 0.25) is 0 Å². The molecule has 4 N–H and O–H groups in total. The van der Waals surface area contributed by atoms with E-state index < -0.39 is 0 Å². The van der Waals surface area contributed by atoms with E-state index in [0.717, 1.165) is 19.4 Å². The summed E-state index contributed by atoms with van der Waals surface area (Å²) in [6, 6.07) is 15.5. The number of thiophene rings is 1. The molecular formula is C22H29N3O2S. The molecule has 2 amide bonds. The Morgan fingerprint density at radius 3 is 2.43 bits per heavy atom. The van der Waals surface area contributed by atoms with Crippen molar-refractivity contribution in [3.05, 3.63) is 65.0 Å². The van der Waals surface area contributed by atoms with E-state index in [1.54, 1.807) is 23.5 Å². The largest absolute Gasteiger partial charge is 0.508 e. The fraction of sp³-hybridized carbons (Fsp3) is 0.318. The molecule has 1 aromatic heterocycles. The first kappa shape index (κ1) is 21.7. The van der Waals surface area contributed by atoms with Gasteiger partial charge in [0.2, 0.25) is 0 Å². The van der Waals surface area contributed by atoms with Crippen molar-refractivity contribution in [3.63, 3.8) is 0 Å². The highest BCUT2D eigenvalue weighted by molar-refractivity contribution is 7.17. The minimum Gasteiger partial charge on any atom is -0.508 e. The highest BCUT2D eigenvalue weighted by atomic mass is 32.1. The number of amides is 2. The highest BCUT2D eigenvalue weighted by Crippen LogP contribution is 2.25. The standard InChI is InChI=1S/C14H19N3OS.C8H10O/c1-15-8-9-17-14(18)16-7-6-11-10-19-13-5-3-2-4-12(11)13;1-2-7-3-5-8(9)6-4-7/h2-5,10,15H,6-9H2,1H3,(H2,16,17,18);3-6,9H,2H2,1H3. The molecule has 0 atom stereocenters. The van der Waals surface area contributed by atoms with Crippen LogP contribution in [0.15, 0.2) is 53.9 Å². The summed E-state index contributed by atoms with van der Waals surface area (Å²) in [5.74, 6) is 0.340. The predicted molar refractivity (Wildman–Crippen MR) is 118 cm³/mol. The third kappa shape index (κ3) is 7.21. The molecule has 3 rings (SSSR count). The van der Waals surface area contributed by atoms with Crippen LogP contribution >= 0.6 is 11.3 Å². The Morgan fingerprint density at radius 2 is 1.71 bits per heavy atom. The first-order chi connectivity index (χ1) is 13.6. The van der Waals surface area contributed by atoms with Crippen LogP contribution in [0, 0.1) is 0 Å². The Hall–Kier alpha value is -2.57. The van der Waals surface area contributed by atoms with Gasteiger partial charge in [0.1, 0.15) is 5.75 Å². The number of rotatable bonds is 7. The van der Waals surface area contributed by atoms with E-state index in [0.29, 0.717) is 18.8 Å². The molecule has 0 saturated carbocycles. The summed E-state index contributed by atoms with van der Waals surface area (Å²) in [6.07, 6.45) is 1.89. The number of urea groups is 1. The molecule has 0 aliphatic heterocycles. The number of hydrogen-bond donors (Lipinski definition) is 4. The average molecular weight is 400 g/mol. The van der Waals surface area contributed by atoms with E-state index in [1.807, 2.05) is 19.2 Å². The first-order valence-electron chi connectivity index (χ1n) is 9.53. The fourth-order valence-electron chi connectivity index (χ4n) is 2.63. The van der Waals surface area contributed by atoms with Gasteiger partial charge >= 0.3 is 6.03 Å². The van der Waals surface area contributed by atoms with Gasteiger partial charge in [-0.2, -0.15) is 0 Å². The molecule has 3 aromatic rings. The smallest absolute Gasteiger partial charge is 0.314 e. The van der Waals surface area contributed by atoms with Gasteiger partial charge in [-0.3, -0.25) is 0 Å². The van der Waals surface area contributed by atoms with E-state index in [1.165, 1.54) is 21.2 Å². The molecule has 5 nitrogen and oxygen atoms in total. The first-order valence-corrected chi connectivity index (χ1v) is 10.4. The molecule has 0 radical (unpaired) electrons. The number of hydrogen-bond acceptors (Lipinski definition) is 4. The average Bonchev–Trinajstić information content (AvgIpc) is 3.13. The molecule has 0 aliphatic carbocycles. The second-order valence-electron chi connectivity index (χ2n) is 6.31. The molecule has 150 valence electrons. The van der Waals surface area contributed by atoms with Crippen molar-refractivity contribution in [3.8, 4) is 5.75 Å². The van der Waals surface area contributed by atoms with E-state index >= 15 is 0 Å². The minimum absolute atomic E-state index is 0.102. The van der Waals surface area contributed by atoms with Gasteiger partial charge in [0.25, 0.3) is 0 Å². The lowest BCUT2D eigenvalue weighted by Gasteiger charge is -2.06. The van der Waals surface area contributed by atoms with Gasteiger partial charge in [0.15, 0.2) is 0 Å². The van der Waals surface area contributed by atoms with Crippen LogP contribution in [0.3, 0.4) is 0 Å². The normalized spacial score (nSPS) is 10.2. The van der Waals surface area contributed by atoms with E-state index in [9.17, 15) is 4.79 Å². The Bertz CT molecular complexity index is 846. The van der Waals surface area contributed by atoms with Crippen LogP contribution in [0.25, 0.3) is 10.1 Å². The number of carbonyl (C=O) groups is 1. The summed E-state index contributed by atoms with van der Waals surface area (Å²) in [5, 5.41) is 21.0.